The minimum atomic E-state index is -4.48. The molecule has 4 aromatic carbocycles. The van der Waals surface area contributed by atoms with E-state index in [0.29, 0.717) is 44.6 Å². The van der Waals surface area contributed by atoms with Gasteiger partial charge >= 0.3 is 17.1 Å². The Hall–Kier alpha value is -5.16. The molecule has 2 heterocycles. The molecule has 0 aliphatic carbocycles. The van der Waals surface area contributed by atoms with Crippen LogP contribution in [0.4, 0.5) is 22.7 Å². The molecule has 0 aliphatic heterocycles. The summed E-state index contributed by atoms with van der Waals surface area (Å²) in [5, 5.41) is 37.0. The topological polar surface area (TPSA) is 230 Å². The molecule has 0 fully saturated rings. The summed E-state index contributed by atoms with van der Waals surface area (Å²) in [6.07, 6.45) is 3.12. The molecule has 0 bridgehead atoms. The molecule has 237 valence electrons. The standard InChI is InChI=1S/2C15H11N3O4S.Mn/c2*19-14-8-7-13(12-2-1-9-16-15(12)14)18-17-10-3-5-11(6-4-10)23(20,21)22;/h2*1-9,19H,(H,20,21,22);/q;;+2/p-2. The predicted molar refractivity (Wildman–Crippen MR) is 164 cm³/mol. The third kappa shape index (κ3) is 8.56. The monoisotopic (exact) mass is 711 g/mol. The molecule has 6 aromatic rings. The van der Waals surface area contributed by atoms with Crippen LogP contribution in [0.25, 0.3) is 21.8 Å². The van der Waals surface area contributed by atoms with E-state index >= 15 is 0 Å². The smallest absolute Gasteiger partial charge is 0.744 e. The number of nitrogens with zero attached hydrogens (tertiary/aromatic N) is 6. The second kappa shape index (κ2) is 14.5. The van der Waals surface area contributed by atoms with Crippen LogP contribution in [0.3, 0.4) is 0 Å². The second-order valence-corrected chi connectivity index (χ2v) is 12.1. The Morgan fingerprint density at radius 1 is 0.511 bits per heavy atom. The SMILES string of the molecule is O=S(=O)([O-])c1ccc(N=Nc2ccc(O)c3ncccc23)cc1.O=S(=O)([O-])c1ccc(N=Nc2ccc(O)c3ncccc23)cc1.[Mn+2]. The largest absolute Gasteiger partial charge is 2.00 e. The van der Waals surface area contributed by atoms with Gasteiger partial charge in [0.25, 0.3) is 0 Å². The van der Waals surface area contributed by atoms with Crippen LogP contribution < -0.4 is 0 Å². The first kappa shape index (κ1) is 34.7. The molecule has 2 aromatic heterocycles. The van der Waals surface area contributed by atoms with Gasteiger partial charge in [0, 0.05) is 23.2 Å². The third-order valence-electron chi connectivity index (χ3n) is 6.25. The van der Waals surface area contributed by atoms with Crippen LogP contribution >= 0.6 is 0 Å². The van der Waals surface area contributed by atoms with Crippen molar-refractivity contribution < 1.29 is 53.2 Å². The number of hydrogen-bond donors (Lipinski definition) is 2. The minimum Gasteiger partial charge on any atom is -0.744 e. The van der Waals surface area contributed by atoms with Gasteiger partial charge in [-0.1, -0.05) is 0 Å². The van der Waals surface area contributed by atoms with Gasteiger partial charge in [0.05, 0.1) is 32.5 Å². The molecule has 2 N–H and O–H groups in total. The van der Waals surface area contributed by atoms with Gasteiger partial charge in [-0.2, -0.15) is 10.2 Å². The first-order chi connectivity index (χ1) is 21.9. The molecule has 1 radical (unpaired) electrons. The van der Waals surface area contributed by atoms with E-state index in [2.05, 4.69) is 30.4 Å². The Balaban J connectivity index is 0.000000208. The number of rotatable bonds is 6. The zero-order valence-corrected chi connectivity index (χ0v) is 26.4. The Bertz CT molecular complexity index is 2170. The molecule has 0 amide bonds. The summed E-state index contributed by atoms with van der Waals surface area (Å²) < 4.78 is 65.2. The van der Waals surface area contributed by atoms with Gasteiger partial charge in [0.2, 0.25) is 0 Å². The van der Waals surface area contributed by atoms with Gasteiger partial charge in [-0.25, -0.2) is 16.8 Å². The molecule has 17 heteroatoms. The number of azo groups is 2. The van der Waals surface area contributed by atoms with E-state index in [1.807, 2.05) is 0 Å². The summed E-state index contributed by atoms with van der Waals surface area (Å²) in [7, 11) is -8.96. The van der Waals surface area contributed by atoms with Crippen LogP contribution in [0, 0.1) is 0 Å². The maximum atomic E-state index is 10.9. The van der Waals surface area contributed by atoms with E-state index in [4.69, 9.17) is 0 Å². The van der Waals surface area contributed by atoms with Gasteiger partial charge in [0.15, 0.2) is 0 Å². The van der Waals surface area contributed by atoms with E-state index in [-0.39, 0.29) is 38.4 Å². The van der Waals surface area contributed by atoms with Gasteiger partial charge < -0.3 is 19.3 Å². The average Bonchev–Trinajstić information content (AvgIpc) is 3.04. The summed E-state index contributed by atoms with van der Waals surface area (Å²) in [5.41, 5.74) is 2.62. The molecule has 14 nitrogen and oxygen atoms in total. The normalized spacial score (nSPS) is 11.8. The Labute approximate surface area is 278 Å². The fraction of sp³-hybridized carbons (Fsp3) is 0. The average molecular weight is 712 g/mol. The van der Waals surface area contributed by atoms with Crippen molar-refractivity contribution in [3.05, 3.63) is 109 Å². The second-order valence-electron chi connectivity index (χ2n) is 9.30. The Kier molecular flexibility index (Phi) is 10.7. The molecule has 0 aliphatic rings. The Morgan fingerprint density at radius 2 is 0.872 bits per heavy atom. The summed E-state index contributed by atoms with van der Waals surface area (Å²) in [6.45, 7) is 0. The van der Waals surface area contributed by atoms with Gasteiger partial charge in [0.1, 0.15) is 42.8 Å². The maximum Gasteiger partial charge on any atom is 2.00 e. The molecule has 0 saturated carbocycles. The summed E-state index contributed by atoms with van der Waals surface area (Å²) in [5.74, 6) is 0.0918. The zero-order chi connectivity index (χ0) is 32.9. The zero-order valence-electron chi connectivity index (χ0n) is 23.6. The van der Waals surface area contributed by atoms with E-state index in [0.717, 1.165) is 0 Å². The van der Waals surface area contributed by atoms with E-state index in [1.54, 1.807) is 48.8 Å². The van der Waals surface area contributed by atoms with E-state index in [1.165, 1.54) is 60.7 Å². The first-order valence-corrected chi connectivity index (χ1v) is 15.8. The van der Waals surface area contributed by atoms with Gasteiger partial charge in [-0.05, 0) is 97.1 Å². The molecule has 0 saturated heterocycles. The van der Waals surface area contributed by atoms with Crippen LogP contribution in [-0.2, 0) is 37.3 Å². The molecule has 6 rings (SSSR count). The Morgan fingerprint density at radius 3 is 1.21 bits per heavy atom. The number of aromatic hydroxyl groups is 2. The minimum absolute atomic E-state index is 0. The molecule has 0 spiro atoms. The molecule has 0 unspecified atom stereocenters. The van der Waals surface area contributed by atoms with Crippen LogP contribution in [0.5, 0.6) is 11.5 Å². The van der Waals surface area contributed by atoms with E-state index in [9.17, 15) is 36.2 Å². The van der Waals surface area contributed by atoms with Crippen molar-refractivity contribution in [2.24, 2.45) is 20.5 Å². The van der Waals surface area contributed by atoms with Crippen molar-refractivity contribution in [2.75, 3.05) is 0 Å². The summed E-state index contributed by atoms with van der Waals surface area (Å²) in [4.78, 5) is 7.52. The predicted octanol–water partition coefficient (Wildman–Crippen LogP) is 6.52. The van der Waals surface area contributed by atoms with Crippen LogP contribution in [0.15, 0.2) is 140 Å². The quantitative estimate of drug-likeness (QED) is 0.108. The number of fused-ring (bicyclic) bond motifs is 2. The summed E-state index contributed by atoms with van der Waals surface area (Å²) in [6, 6.07) is 23.3. The third-order valence-corrected chi connectivity index (χ3v) is 7.95. The van der Waals surface area contributed by atoms with Crippen molar-refractivity contribution in [1.82, 2.24) is 9.97 Å². The summed E-state index contributed by atoms with van der Waals surface area (Å²) >= 11 is 0. The van der Waals surface area contributed by atoms with Crippen molar-refractivity contribution in [3.8, 4) is 11.5 Å². The number of phenolic OH excluding ortho intramolecular Hbond substituents is 2. The van der Waals surface area contributed by atoms with Gasteiger partial charge in [-0.15, -0.1) is 10.2 Å². The van der Waals surface area contributed by atoms with Crippen molar-refractivity contribution in [1.29, 1.82) is 0 Å². The van der Waals surface area contributed by atoms with Crippen LogP contribution in [0.2, 0.25) is 0 Å². The van der Waals surface area contributed by atoms with Crippen LogP contribution in [0.1, 0.15) is 0 Å². The molecule has 47 heavy (non-hydrogen) atoms. The molecular weight excluding hydrogens is 691 g/mol. The molecular formula is C30H20MnN6O8S2. The number of phenols is 2. The molecule has 0 atom stereocenters. The van der Waals surface area contributed by atoms with Gasteiger partial charge in [-0.3, -0.25) is 9.97 Å². The fourth-order valence-corrected chi connectivity index (χ4v) is 4.98. The fourth-order valence-electron chi connectivity index (χ4n) is 4.04. The van der Waals surface area contributed by atoms with E-state index < -0.39 is 20.2 Å². The van der Waals surface area contributed by atoms with Crippen molar-refractivity contribution in [2.45, 2.75) is 9.79 Å². The first-order valence-electron chi connectivity index (χ1n) is 13.0. The maximum absolute atomic E-state index is 10.9. The van der Waals surface area contributed by atoms with Crippen molar-refractivity contribution >= 4 is 64.8 Å². The number of benzene rings is 4. The number of aromatic nitrogens is 2. The van der Waals surface area contributed by atoms with Crippen LogP contribution in [-0.4, -0.2) is 46.1 Å². The van der Waals surface area contributed by atoms with Crippen molar-refractivity contribution in [3.63, 3.8) is 0 Å². The number of pyridine rings is 2. The number of hydrogen-bond acceptors (Lipinski definition) is 14.